The molecule has 0 bridgehead atoms. The zero-order valence-corrected chi connectivity index (χ0v) is 13.3. The van der Waals surface area contributed by atoms with Crippen LogP contribution in [0.3, 0.4) is 0 Å². The minimum absolute atomic E-state index is 0.342. The summed E-state index contributed by atoms with van der Waals surface area (Å²) in [7, 11) is 0. The fraction of sp³-hybridized carbons (Fsp3) is 0.333. The van der Waals surface area contributed by atoms with E-state index in [9.17, 15) is 14.7 Å². The highest BCUT2D eigenvalue weighted by Crippen LogP contribution is 2.58. The first-order valence-electron chi connectivity index (χ1n) is 7.00. The highest BCUT2D eigenvalue weighted by molar-refractivity contribution is 6.31. The number of hydrogen-bond acceptors (Lipinski definition) is 4. The van der Waals surface area contributed by atoms with Gasteiger partial charge in [0, 0.05) is 5.02 Å². The number of carboxylic acid groups (broad SMARTS) is 1. The fourth-order valence-corrected chi connectivity index (χ4v) is 3.11. The Kier molecular flexibility index (Phi) is 3.60. The van der Waals surface area contributed by atoms with Gasteiger partial charge < -0.3 is 10.4 Å². The number of benzene rings is 1. The number of nitrogens with one attached hydrogen (secondary N) is 1. The van der Waals surface area contributed by atoms with Gasteiger partial charge in [0.1, 0.15) is 12.7 Å². The number of aliphatic carboxylic acids is 1. The number of rotatable bonds is 4. The van der Waals surface area contributed by atoms with Gasteiger partial charge in [-0.3, -0.25) is 9.59 Å². The number of anilines is 1. The Morgan fingerprint density at radius 1 is 1.35 bits per heavy atom. The van der Waals surface area contributed by atoms with Gasteiger partial charge in [-0.25, -0.2) is 9.67 Å². The molecular formula is C15H15ClN4O3. The van der Waals surface area contributed by atoms with Crippen LogP contribution in [0.1, 0.15) is 13.8 Å². The van der Waals surface area contributed by atoms with Gasteiger partial charge in [0.25, 0.3) is 0 Å². The van der Waals surface area contributed by atoms with Crippen LogP contribution in [0.2, 0.25) is 5.02 Å². The van der Waals surface area contributed by atoms with Crippen LogP contribution < -0.4 is 5.32 Å². The second kappa shape index (κ2) is 5.34. The van der Waals surface area contributed by atoms with E-state index in [1.54, 1.807) is 32.0 Å². The largest absolute Gasteiger partial charge is 0.481 e. The maximum Gasteiger partial charge on any atom is 0.307 e. The molecule has 1 aliphatic rings. The van der Waals surface area contributed by atoms with Crippen molar-refractivity contribution >= 4 is 29.2 Å². The van der Waals surface area contributed by atoms with Crippen LogP contribution in [-0.2, 0) is 9.59 Å². The molecule has 1 saturated carbocycles. The third-order valence-corrected chi connectivity index (χ3v) is 4.49. The molecule has 0 aliphatic heterocycles. The zero-order valence-electron chi connectivity index (χ0n) is 12.5. The molecule has 1 aliphatic carbocycles. The number of carbonyl (C=O) groups is 2. The summed E-state index contributed by atoms with van der Waals surface area (Å²) in [6.07, 6.45) is 2.88. The summed E-state index contributed by atoms with van der Waals surface area (Å²) >= 11 is 6.00. The third kappa shape index (κ3) is 2.68. The second-order valence-corrected chi connectivity index (χ2v) is 6.54. The standard InChI is InChI=1S/C15H15ClN4O3/c1-15(2)11(12(15)14(22)23)13(21)19-9-5-8(16)3-4-10(9)20-7-17-6-18-20/h3-7,11-12H,1-2H3,(H,19,21)(H,22,23)/t11-,12+/m0/s1. The molecule has 120 valence electrons. The average Bonchev–Trinajstić information content (AvgIpc) is 2.84. The van der Waals surface area contributed by atoms with Gasteiger partial charge in [0.2, 0.25) is 5.91 Å². The molecule has 1 aromatic carbocycles. The first kappa shape index (κ1) is 15.5. The lowest BCUT2D eigenvalue weighted by molar-refractivity contribution is -0.140. The molecule has 1 fully saturated rings. The Balaban J connectivity index is 1.88. The number of amides is 1. The van der Waals surface area contributed by atoms with E-state index in [1.165, 1.54) is 17.3 Å². The van der Waals surface area contributed by atoms with Crippen LogP contribution in [0.5, 0.6) is 0 Å². The molecular weight excluding hydrogens is 320 g/mol. The highest BCUT2D eigenvalue weighted by atomic mass is 35.5. The summed E-state index contributed by atoms with van der Waals surface area (Å²) in [4.78, 5) is 27.6. The van der Waals surface area contributed by atoms with Gasteiger partial charge in [-0.1, -0.05) is 25.4 Å². The minimum atomic E-state index is -0.960. The Bertz CT molecular complexity index is 773. The third-order valence-electron chi connectivity index (χ3n) is 4.26. The van der Waals surface area contributed by atoms with Gasteiger partial charge in [-0.2, -0.15) is 5.10 Å². The minimum Gasteiger partial charge on any atom is -0.481 e. The van der Waals surface area contributed by atoms with Crippen molar-refractivity contribution in [1.82, 2.24) is 14.8 Å². The van der Waals surface area contributed by atoms with E-state index in [0.717, 1.165) is 0 Å². The number of nitrogens with zero attached hydrogens (tertiary/aromatic N) is 3. The Hall–Kier alpha value is -2.41. The smallest absolute Gasteiger partial charge is 0.307 e. The van der Waals surface area contributed by atoms with Gasteiger partial charge in [0.15, 0.2) is 0 Å². The second-order valence-electron chi connectivity index (χ2n) is 6.11. The molecule has 2 atom stereocenters. The van der Waals surface area contributed by atoms with Crippen LogP contribution in [0, 0.1) is 17.3 Å². The highest BCUT2D eigenvalue weighted by Gasteiger charge is 2.65. The predicted octanol–water partition coefficient (Wildman–Crippen LogP) is 2.22. The molecule has 2 N–H and O–H groups in total. The molecule has 0 spiro atoms. The summed E-state index contributed by atoms with van der Waals surface area (Å²) in [5.74, 6) is -2.57. The van der Waals surface area contributed by atoms with E-state index >= 15 is 0 Å². The summed E-state index contributed by atoms with van der Waals surface area (Å²) in [6, 6.07) is 4.98. The van der Waals surface area contributed by atoms with E-state index < -0.39 is 23.2 Å². The van der Waals surface area contributed by atoms with E-state index in [-0.39, 0.29) is 5.91 Å². The van der Waals surface area contributed by atoms with Crippen molar-refractivity contribution in [2.24, 2.45) is 17.3 Å². The molecule has 1 heterocycles. The fourth-order valence-electron chi connectivity index (χ4n) is 2.94. The lowest BCUT2D eigenvalue weighted by Crippen LogP contribution is -2.19. The van der Waals surface area contributed by atoms with Crippen molar-refractivity contribution < 1.29 is 14.7 Å². The monoisotopic (exact) mass is 334 g/mol. The molecule has 0 unspecified atom stereocenters. The molecule has 3 rings (SSSR count). The molecule has 2 aromatic rings. The van der Waals surface area contributed by atoms with E-state index in [2.05, 4.69) is 15.4 Å². The average molecular weight is 335 g/mol. The van der Waals surface area contributed by atoms with Crippen LogP contribution in [0.15, 0.2) is 30.9 Å². The van der Waals surface area contributed by atoms with Crippen molar-refractivity contribution in [1.29, 1.82) is 0 Å². The van der Waals surface area contributed by atoms with E-state index in [1.807, 2.05) is 0 Å². The zero-order chi connectivity index (χ0) is 16.8. The molecule has 0 saturated heterocycles. The predicted molar refractivity (Wildman–Crippen MR) is 83.4 cm³/mol. The lowest BCUT2D eigenvalue weighted by Gasteiger charge is -2.12. The molecule has 8 heteroatoms. The maximum absolute atomic E-state index is 12.5. The summed E-state index contributed by atoms with van der Waals surface area (Å²) in [6.45, 7) is 3.54. The normalized spacial score (nSPS) is 21.7. The molecule has 1 amide bonds. The van der Waals surface area contributed by atoms with E-state index in [4.69, 9.17) is 11.6 Å². The van der Waals surface area contributed by atoms with Gasteiger partial charge in [-0.15, -0.1) is 0 Å². The number of carbonyl (C=O) groups excluding carboxylic acids is 1. The summed E-state index contributed by atoms with van der Waals surface area (Å²) in [5, 5.41) is 16.5. The van der Waals surface area contributed by atoms with Crippen LogP contribution >= 0.6 is 11.6 Å². The number of carboxylic acids is 1. The topological polar surface area (TPSA) is 97.1 Å². The SMILES string of the molecule is CC1(C)[C@H](C(=O)Nc2cc(Cl)ccc2-n2cncn2)[C@@H]1C(=O)O. The van der Waals surface area contributed by atoms with Gasteiger partial charge >= 0.3 is 5.97 Å². The number of hydrogen-bond donors (Lipinski definition) is 2. The van der Waals surface area contributed by atoms with Gasteiger partial charge in [-0.05, 0) is 23.6 Å². The first-order chi connectivity index (χ1) is 10.8. The van der Waals surface area contributed by atoms with Crippen LogP contribution in [-0.4, -0.2) is 31.7 Å². The molecule has 0 radical (unpaired) electrons. The van der Waals surface area contributed by atoms with E-state index in [0.29, 0.717) is 16.4 Å². The van der Waals surface area contributed by atoms with Crippen molar-refractivity contribution in [3.05, 3.63) is 35.9 Å². The molecule has 23 heavy (non-hydrogen) atoms. The summed E-state index contributed by atoms with van der Waals surface area (Å²) in [5.41, 5.74) is 0.493. The lowest BCUT2D eigenvalue weighted by atomic mass is 10.1. The quantitative estimate of drug-likeness (QED) is 0.893. The molecule has 7 nitrogen and oxygen atoms in total. The first-order valence-corrected chi connectivity index (χ1v) is 7.38. The van der Waals surface area contributed by atoms with Crippen LogP contribution in [0.4, 0.5) is 5.69 Å². The number of aromatic nitrogens is 3. The van der Waals surface area contributed by atoms with Crippen molar-refractivity contribution in [2.75, 3.05) is 5.32 Å². The number of halogens is 1. The van der Waals surface area contributed by atoms with Crippen molar-refractivity contribution in [3.8, 4) is 5.69 Å². The van der Waals surface area contributed by atoms with Crippen molar-refractivity contribution in [2.45, 2.75) is 13.8 Å². The van der Waals surface area contributed by atoms with Crippen LogP contribution in [0.25, 0.3) is 5.69 Å². The molecule has 1 aromatic heterocycles. The Labute approximate surface area is 137 Å². The van der Waals surface area contributed by atoms with Crippen molar-refractivity contribution in [3.63, 3.8) is 0 Å². The van der Waals surface area contributed by atoms with Gasteiger partial charge in [0.05, 0.1) is 23.2 Å². The maximum atomic E-state index is 12.5. The Morgan fingerprint density at radius 3 is 2.65 bits per heavy atom. The Morgan fingerprint density at radius 2 is 2.09 bits per heavy atom. The summed E-state index contributed by atoms with van der Waals surface area (Å²) < 4.78 is 1.50.